The van der Waals surface area contributed by atoms with E-state index in [1.807, 2.05) is 24.6 Å². The minimum absolute atomic E-state index is 0.699. The van der Waals surface area contributed by atoms with E-state index in [-0.39, 0.29) is 0 Å². The summed E-state index contributed by atoms with van der Waals surface area (Å²) in [6.07, 6.45) is 1.69. The molecule has 0 atom stereocenters. The average molecular weight is 202 g/mol. The van der Waals surface area contributed by atoms with E-state index in [2.05, 4.69) is 17.0 Å². The minimum atomic E-state index is 0.699. The first kappa shape index (κ1) is 9.71. The predicted octanol–water partition coefficient (Wildman–Crippen LogP) is 1.77. The number of nitrogens with two attached hydrogens (primary N) is 1. The van der Waals surface area contributed by atoms with Crippen molar-refractivity contribution in [3.8, 4) is 5.82 Å². The van der Waals surface area contributed by atoms with Crippen molar-refractivity contribution in [2.45, 2.75) is 20.8 Å². The van der Waals surface area contributed by atoms with Crippen LogP contribution in [0.4, 0.5) is 5.69 Å². The van der Waals surface area contributed by atoms with Crippen LogP contribution in [0.2, 0.25) is 0 Å². The molecular weight excluding hydrogens is 188 g/mol. The SMILES string of the molecule is Cc1nn(-c2cc(N)ccn2)c(C)c1C. The van der Waals surface area contributed by atoms with Crippen LogP contribution in [0.15, 0.2) is 18.3 Å². The summed E-state index contributed by atoms with van der Waals surface area (Å²) >= 11 is 0. The first-order valence-corrected chi connectivity index (χ1v) is 4.84. The quantitative estimate of drug-likeness (QED) is 0.766. The average Bonchev–Trinajstić information content (AvgIpc) is 2.46. The molecule has 0 aliphatic heterocycles. The maximum Gasteiger partial charge on any atom is 0.155 e. The van der Waals surface area contributed by atoms with E-state index in [0.29, 0.717) is 5.69 Å². The molecule has 2 rings (SSSR count). The Hall–Kier alpha value is -1.84. The van der Waals surface area contributed by atoms with Gasteiger partial charge in [0.1, 0.15) is 0 Å². The Morgan fingerprint density at radius 3 is 2.53 bits per heavy atom. The number of nitrogens with zero attached hydrogens (tertiary/aromatic N) is 3. The van der Waals surface area contributed by atoms with Crippen LogP contribution in [0.1, 0.15) is 17.0 Å². The Labute approximate surface area is 88.8 Å². The van der Waals surface area contributed by atoms with E-state index < -0.39 is 0 Å². The van der Waals surface area contributed by atoms with Crippen molar-refractivity contribution in [3.05, 3.63) is 35.3 Å². The van der Waals surface area contributed by atoms with Gasteiger partial charge < -0.3 is 5.73 Å². The third-order valence-corrected chi connectivity index (χ3v) is 2.64. The van der Waals surface area contributed by atoms with Crippen LogP contribution in [0, 0.1) is 20.8 Å². The second-order valence-electron chi connectivity index (χ2n) is 3.65. The first-order valence-electron chi connectivity index (χ1n) is 4.84. The Morgan fingerprint density at radius 2 is 2.00 bits per heavy atom. The van der Waals surface area contributed by atoms with Gasteiger partial charge in [-0.25, -0.2) is 9.67 Å². The van der Waals surface area contributed by atoms with Crippen molar-refractivity contribution < 1.29 is 0 Å². The van der Waals surface area contributed by atoms with Crippen LogP contribution >= 0.6 is 0 Å². The fourth-order valence-electron chi connectivity index (χ4n) is 1.49. The molecule has 2 N–H and O–H groups in total. The maximum absolute atomic E-state index is 5.71. The van der Waals surface area contributed by atoms with Crippen molar-refractivity contribution in [3.63, 3.8) is 0 Å². The highest BCUT2D eigenvalue weighted by Crippen LogP contribution is 2.16. The maximum atomic E-state index is 5.71. The van der Waals surface area contributed by atoms with Crippen LogP contribution in [-0.4, -0.2) is 14.8 Å². The highest BCUT2D eigenvalue weighted by molar-refractivity contribution is 5.43. The van der Waals surface area contributed by atoms with E-state index in [9.17, 15) is 0 Å². The Morgan fingerprint density at radius 1 is 1.27 bits per heavy atom. The summed E-state index contributed by atoms with van der Waals surface area (Å²) in [5, 5.41) is 4.42. The molecule has 4 nitrogen and oxygen atoms in total. The number of hydrogen-bond donors (Lipinski definition) is 1. The lowest BCUT2D eigenvalue weighted by atomic mass is 10.2. The second kappa shape index (κ2) is 3.38. The number of aryl methyl sites for hydroxylation is 1. The molecule has 0 radical (unpaired) electrons. The Balaban J connectivity index is 2.59. The number of nitrogen functional groups attached to an aromatic ring is 1. The molecule has 2 aromatic heterocycles. The largest absolute Gasteiger partial charge is 0.399 e. The highest BCUT2D eigenvalue weighted by Gasteiger charge is 2.09. The zero-order valence-electron chi connectivity index (χ0n) is 9.15. The van der Waals surface area contributed by atoms with Gasteiger partial charge in [0.2, 0.25) is 0 Å². The lowest BCUT2D eigenvalue weighted by molar-refractivity contribution is 0.806. The number of anilines is 1. The van der Waals surface area contributed by atoms with Gasteiger partial charge in [-0.2, -0.15) is 5.10 Å². The summed E-state index contributed by atoms with van der Waals surface area (Å²) < 4.78 is 1.82. The molecule has 78 valence electrons. The molecule has 0 amide bonds. The fourth-order valence-corrected chi connectivity index (χ4v) is 1.49. The molecule has 0 aliphatic rings. The van der Waals surface area contributed by atoms with E-state index in [1.54, 1.807) is 12.3 Å². The van der Waals surface area contributed by atoms with Crippen molar-refractivity contribution >= 4 is 5.69 Å². The van der Waals surface area contributed by atoms with Crippen molar-refractivity contribution in [1.82, 2.24) is 14.8 Å². The van der Waals surface area contributed by atoms with Crippen LogP contribution in [0.5, 0.6) is 0 Å². The van der Waals surface area contributed by atoms with Gasteiger partial charge in [-0.3, -0.25) is 0 Å². The Bertz CT molecular complexity index is 499. The zero-order valence-corrected chi connectivity index (χ0v) is 9.15. The van der Waals surface area contributed by atoms with E-state index in [4.69, 9.17) is 5.73 Å². The molecule has 0 bridgehead atoms. The molecule has 2 aromatic rings. The molecule has 0 spiro atoms. The third kappa shape index (κ3) is 1.58. The van der Waals surface area contributed by atoms with Gasteiger partial charge >= 0.3 is 0 Å². The van der Waals surface area contributed by atoms with Crippen LogP contribution in [-0.2, 0) is 0 Å². The molecule has 0 unspecified atom stereocenters. The zero-order chi connectivity index (χ0) is 11.0. The first-order chi connectivity index (χ1) is 7.09. The summed E-state index contributed by atoms with van der Waals surface area (Å²) in [7, 11) is 0. The number of rotatable bonds is 1. The number of hydrogen-bond acceptors (Lipinski definition) is 3. The highest BCUT2D eigenvalue weighted by atomic mass is 15.3. The molecule has 4 heteroatoms. The van der Waals surface area contributed by atoms with Crippen LogP contribution in [0.3, 0.4) is 0 Å². The summed E-state index contributed by atoms with van der Waals surface area (Å²) in [6, 6.07) is 3.58. The molecule has 0 aliphatic carbocycles. The third-order valence-electron chi connectivity index (χ3n) is 2.64. The monoisotopic (exact) mass is 202 g/mol. The Kier molecular flexibility index (Phi) is 2.19. The minimum Gasteiger partial charge on any atom is -0.399 e. The van der Waals surface area contributed by atoms with Crippen molar-refractivity contribution in [2.24, 2.45) is 0 Å². The number of pyridine rings is 1. The molecule has 0 fully saturated rings. The normalized spacial score (nSPS) is 10.6. The standard InChI is InChI=1S/C11H14N4/c1-7-8(2)14-15(9(7)3)11-6-10(12)4-5-13-11/h4-6H,1-3H3,(H2,12,13). The van der Waals surface area contributed by atoms with E-state index >= 15 is 0 Å². The smallest absolute Gasteiger partial charge is 0.155 e. The van der Waals surface area contributed by atoms with Crippen LogP contribution in [0.25, 0.3) is 5.82 Å². The van der Waals surface area contributed by atoms with Gasteiger partial charge in [0.15, 0.2) is 5.82 Å². The van der Waals surface area contributed by atoms with Gasteiger partial charge in [0.25, 0.3) is 0 Å². The molecule has 2 heterocycles. The summed E-state index contributed by atoms with van der Waals surface area (Å²) in [5.74, 6) is 0.767. The molecular formula is C11H14N4. The fraction of sp³-hybridized carbons (Fsp3) is 0.273. The van der Waals surface area contributed by atoms with Gasteiger partial charge in [0, 0.05) is 23.6 Å². The summed E-state index contributed by atoms with van der Waals surface area (Å²) in [4.78, 5) is 4.25. The van der Waals surface area contributed by atoms with Crippen molar-refractivity contribution in [2.75, 3.05) is 5.73 Å². The van der Waals surface area contributed by atoms with E-state index in [1.165, 1.54) is 5.56 Å². The van der Waals surface area contributed by atoms with Gasteiger partial charge in [-0.15, -0.1) is 0 Å². The molecule has 15 heavy (non-hydrogen) atoms. The van der Waals surface area contributed by atoms with Crippen molar-refractivity contribution in [1.29, 1.82) is 0 Å². The summed E-state index contributed by atoms with van der Waals surface area (Å²) in [6.45, 7) is 6.08. The van der Waals surface area contributed by atoms with E-state index in [0.717, 1.165) is 17.2 Å². The molecule has 0 saturated heterocycles. The topological polar surface area (TPSA) is 56.7 Å². The molecule has 0 aromatic carbocycles. The molecule has 0 saturated carbocycles. The van der Waals surface area contributed by atoms with Gasteiger partial charge in [-0.1, -0.05) is 0 Å². The second-order valence-corrected chi connectivity index (χ2v) is 3.65. The predicted molar refractivity (Wildman–Crippen MR) is 60.0 cm³/mol. The van der Waals surface area contributed by atoms with Crippen LogP contribution < -0.4 is 5.73 Å². The lowest BCUT2D eigenvalue weighted by Crippen LogP contribution is -2.02. The van der Waals surface area contributed by atoms with Gasteiger partial charge in [-0.05, 0) is 32.4 Å². The summed E-state index contributed by atoms with van der Waals surface area (Å²) in [5.41, 5.74) is 9.73. The lowest BCUT2D eigenvalue weighted by Gasteiger charge is -2.03. The van der Waals surface area contributed by atoms with Gasteiger partial charge in [0.05, 0.1) is 5.69 Å². The number of aromatic nitrogens is 3.